The van der Waals surface area contributed by atoms with Crippen LogP contribution in [0.25, 0.3) is 0 Å². The van der Waals surface area contributed by atoms with Crippen molar-refractivity contribution in [1.29, 1.82) is 0 Å². The van der Waals surface area contributed by atoms with Crippen LogP contribution in [0.15, 0.2) is 0 Å². The van der Waals surface area contributed by atoms with E-state index in [0.29, 0.717) is 12.1 Å². The first-order valence-electron chi connectivity index (χ1n) is 7.71. The Kier molecular flexibility index (Phi) is 5.79. The molecule has 2 aliphatic rings. The highest BCUT2D eigenvalue weighted by atomic mass is 16.5. The lowest BCUT2D eigenvalue weighted by Gasteiger charge is -2.28. The molecule has 1 aliphatic heterocycles. The second-order valence-corrected chi connectivity index (χ2v) is 5.94. The summed E-state index contributed by atoms with van der Waals surface area (Å²) in [4.78, 5) is 0. The van der Waals surface area contributed by atoms with E-state index in [1.807, 2.05) is 0 Å². The number of hydrogen-bond acceptors (Lipinski definition) is 2. The van der Waals surface area contributed by atoms with Crippen molar-refractivity contribution in [2.24, 2.45) is 5.92 Å². The Bertz CT molecular complexity index is 193. The van der Waals surface area contributed by atoms with Gasteiger partial charge < -0.3 is 10.1 Å². The van der Waals surface area contributed by atoms with Crippen LogP contribution < -0.4 is 5.32 Å². The van der Waals surface area contributed by atoms with Gasteiger partial charge in [0.2, 0.25) is 0 Å². The number of nitrogens with one attached hydrogen (secondary N) is 1. The van der Waals surface area contributed by atoms with E-state index in [0.717, 1.165) is 19.1 Å². The molecule has 0 bridgehead atoms. The van der Waals surface area contributed by atoms with Crippen LogP contribution in [0, 0.1) is 5.92 Å². The summed E-state index contributed by atoms with van der Waals surface area (Å²) in [5.74, 6) is 0.904. The predicted octanol–water partition coefficient (Wildman–Crippen LogP) is 3.50. The minimum atomic E-state index is 0.483. The lowest BCUT2D eigenvalue weighted by atomic mass is 9.93. The highest BCUT2D eigenvalue weighted by Crippen LogP contribution is 2.25. The third-order valence-electron chi connectivity index (χ3n) is 4.55. The van der Waals surface area contributed by atoms with Crippen molar-refractivity contribution in [2.75, 3.05) is 13.2 Å². The molecule has 0 spiro atoms. The van der Waals surface area contributed by atoms with Crippen molar-refractivity contribution >= 4 is 0 Å². The molecule has 1 saturated heterocycles. The quantitative estimate of drug-likeness (QED) is 0.758. The van der Waals surface area contributed by atoms with Gasteiger partial charge in [0.1, 0.15) is 0 Å². The first-order chi connectivity index (χ1) is 8.36. The molecule has 2 heteroatoms. The fourth-order valence-electron chi connectivity index (χ4n) is 3.26. The van der Waals surface area contributed by atoms with Gasteiger partial charge in [0.25, 0.3) is 0 Å². The minimum absolute atomic E-state index is 0.483. The Morgan fingerprint density at radius 3 is 2.35 bits per heavy atom. The average molecular weight is 239 g/mol. The van der Waals surface area contributed by atoms with Gasteiger partial charge in [-0.2, -0.15) is 0 Å². The average Bonchev–Trinajstić information content (AvgIpc) is 2.66. The van der Waals surface area contributed by atoms with Crippen LogP contribution in [0.5, 0.6) is 0 Å². The van der Waals surface area contributed by atoms with Gasteiger partial charge in [-0.15, -0.1) is 0 Å². The van der Waals surface area contributed by atoms with Crippen LogP contribution in [0.1, 0.15) is 64.7 Å². The van der Waals surface area contributed by atoms with Crippen LogP contribution in [0.2, 0.25) is 0 Å². The zero-order valence-corrected chi connectivity index (χ0v) is 11.4. The van der Waals surface area contributed by atoms with Crippen LogP contribution in [-0.4, -0.2) is 25.3 Å². The van der Waals surface area contributed by atoms with Gasteiger partial charge in [-0.1, -0.05) is 25.7 Å². The summed E-state index contributed by atoms with van der Waals surface area (Å²) in [6.45, 7) is 4.42. The Balaban J connectivity index is 1.66. The Morgan fingerprint density at radius 1 is 1.00 bits per heavy atom. The summed E-state index contributed by atoms with van der Waals surface area (Å²) in [6, 6.07) is 0.679. The first kappa shape index (κ1) is 13.4. The Morgan fingerprint density at radius 2 is 1.71 bits per heavy atom. The highest BCUT2D eigenvalue weighted by molar-refractivity contribution is 4.77. The molecule has 0 amide bonds. The van der Waals surface area contributed by atoms with Crippen LogP contribution in [0.3, 0.4) is 0 Å². The van der Waals surface area contributed by atoms with Crippen molar-refractivity contribution in [3.63, 3.8) is 0 Å². The van der Waals surface area contributed by atoms with Crippen molar-refractivity contribution < 1.29 is 4.74 Å². The lowest BCUT2D eigenvalue weighted by molar-refractivity contribution is 0.0144. The molecule has 1 N–H and O–H groups in total. The topological polar surface area (TPSA) is 21.3 Å². The maximum atomic E-state index is 5.78. The van der Waals surface area contributed by atoms with E-state index in [1.54, 1.807) is 0 Å². The molecule has 0 aromatic rings. The van der Waals surface area contributed by atoms with E-state index in [2.05, 4.69) is 12.2 Å². The summed E-state index contributed by atoms with van der Waals surface area (Å²) in [5, 5.41) is 3.72. The number of rotatable bonds is 4. The molecule has 1 unspecified atom stereocenters. The monoisotopic (exact) mass is 239 g/mol. The molecule has 1 heterocycles. The standard InChI is InChI=1S/C15H29NO/c1-13(14-8-4-2-3-5-9-14)16-12-15-10-6-7-11-17-15/h13-16H,2-12H2,1H3/t13-,15?/m1/s1. The maximum absolute atomic E-state index is 5.78. The molecule has 100 valence electrons. The fraction of sp³-hybridized carbons (Fsp3) is 1.00. The second kappa shape index (κ2) is 7.38. The van der Waals surface area contributed by atoms with Gasteiger partial charge in [-0.25, -0.2) is 0 Å². The van der Waals surface area contributed by atoms with Gasteiger partial charge in [0.15, 0.2) is 0 Å². The van der Waals surface area contributed by atoms with Gasteiger partial charge in [-0.05, 0) is 44.9 Å². The van der Waals surface area contributed by atoms with E-state index in [4.69, 9.17) is 4.74 Å². The summed E-state index contributed by atoms with van der Waals surface area (Å²) in [5.41, 5.74) is 0. The van der Waals surface area contributed by atoms with Crippen molar-refractivity contribution in [3.8, 4) is 0 Å². The SMILES string of the molecule is C[C@@H](NCC1CCCCO1)C1CCCCCC1. The maximum Gasteiger partial charge on any atom is 0.0699 e. The third kappa shape index (κ3) is 4.59. The van der Waals surface area contributed by atoms with Crippen LogP contribution in [0.4, 0.5) is 0 Å². The molecule has 0 aromatic heterocycles. The van der Waals surface area contributed by atoms with E-state index in [-0.39, 0.29) is 0 Å². The smallest absolute Gasteiger partial charge is 0.0699 e. The third-order valence-corrected chi connectivity index (χ3v) is 4.55. The Labute approximate surface area is 107 Å². The summed E-state index contributed by atoms with van der Waals surface area (Å²) in [6.07, 6.45) is 13.0. The van der Waals surface area contributed by atoms with Crippen molar-refractivity contribution in [3.05, 3.63) is 0 Å². The van der Waals surface area contributed by atoms with Crippen LogP contribution in [-0.2, 0) is 4.74 Å². The largest absolute Gasteiger partial charge is 0.377 e. The van der Waals surface area contributed by atoms with E-state index >= 15 is 0 Å². The highest BCUT2D eigenvalue weighted by Gasteiger charge is 2.20. The molecular formula is C15H29NO. The zero-order chi connectivity index (χ0) is 11.9. The lowest BCUT2D eigenvalue weighted by Crippen LogP contribution is -2.40. The molecule has 1 aliphatic carbocycles. The van der Waals surface area contributed by atoms with Gasteiger partial charge >= 0.3 is 0 Å². The van der Waals surface area contributed by atoms with Crippen molar-refractivity contribution in [1.82, 2.24) is 5.32 Å². The molecule has 1 saturated carbocycles. The molecular weight excluding hydrogens is 210 g/mol. The number of hydrogen-bond donors (Lipinski definition) is 1. The summed E-state index contributed by atoms with van der Waals surface area (Å²) >= 11 is 0. The van der Waals surface area contributed by atoms with Gasteiger partial charge in [0, 0.05) is 19.2 Å². The second-order valence-electron chi connectivity index (χ2n) is 5.94. The molecule has 2 fully saturated rings. The van der Waals surface area contributed by atoms with E-state index in [1.165, 1.54) is 57.8 Å². The predicted molar refractivity (Wildman–Crippen MR) is 72.2 cm³/mol. The summed E-state index contributed by atoms with van der Waals surface area (Å²) < 4.78 is 5.78. The fourth-order valence-corrected chi connectivity index (χ4v) is 3.26. The van der Waals surface area contributed by atoms with E-state index in [9.17, 15) is 0 Å². The number of ether oxygens (including phenoxy) is 1. The van der Waals surface area contributed by atoms with Crippen LogP contribution >= 0.6 is 0 Å². The van der Waals surface area contributed by atoms with Gasteiger partial charge in [-0.3, -0.25) is 0 Å². The molecule has 2 nitrogen and oxygen atoms in total. The molecule has 0 radical (unpaired) electrons. The molecule has 17 heavy (non-hydrogen) atoms. The van der Waals surface area contributed by atoms with Gasteiger partial charge in [0.05, 0.1) is 6.10 Å². The Hall–Kier alpha value is -0.0800. The first-order valence-corrected chi connectivity index (χ1v) is 7.71. The van der Waals surface area contributed by atoms with Crippen molar-refractivity contribution in [2.45, 2.75) is 76.9 Å². The summed E-state index contributed by atoms with van der Waals surface area (Å²) in [7, 11) is 0. The van der Waals surface area contributed by atoms with E-state index < -0.39 is 0 Å². The normalized spacial score (nSPS) is 29.8. The molecule has 0 aromatic carbocycles. The molecule has 2 rings (SSSR count). The zero-order valence-electron chi connectivity index (χ0n) is 11.4. The minimum Gasteiger partial charge on any atom is -0.377 e. The molecule has 2 atom stereocenters.